The van der Waals surface area contributed by atoms with E-state index >= 15 is 0 Å². The molecular formula is C16H26BrNO. The lowest BCUT2D eigenvalue weighted by molar-refractivity contribution is 0.288. The summed E-state index contributed by atoms with van der Waals surface area (Å²) in [6.07, 6.45) is 2.25. The van der Waals surface area contributed by atoms with Crippen molar-refractivity contribution in [3.05, 3.63) is 28.2 Å². The summed E-state index contributed by atoms with van der Waals surface area (Å²) in [4.78, 5) is 0. The topological polar surface area (TPSA) is 21.3 Å². The molecule has 0 aliphatic heterocycles. The third-order valence-corrected chi connectivity index (χ3v) is 3.93. The van der Waals surface area contributed by atoms with E-state index in [0.717, 1.165) is 23.2 Å². The zero-order chi connectivity index (χ0) is 14.5. The highest BCUT2D eigenvalue weighted by Crippen LogP contribution is 2.31. The number of ether oxygens (including phenoxy) is 1. The lowest BCUT2D eigenvalue weighted by Crippen LogP contribution is -2.32. The quantitative estimate of drug-likeness (QED) is 0.800. The predicted molar refractivity (Wildman–Crippen MR) is 85.9 cm³/mol. The number of hydrogen-bond acceptors (Lipinski definition) is 2. The molecule has 1 N–H and O–H groups in total. The highest BCUT2D eigenvalue weighted by molar-refractivity contribution is 9.10. The smallest absolute Gasteiger partial charge is 0.133 e. The van der Waals surface area contributed by atoms with Gasteiger partial charge in [-0.1, -0.05) is 26.8 Å². The third-order valence-electron chi connectivity index (χ3n) is 3.31. The van der Waals surface area contributed by atoms with Crippen LogP contribution in [0, 0.1) is 5.41 Å². The Bertz CT molecular complexity index is 404. The number of nitrogens with one attached hydrogen (secondary N) is 1. The molecule has 108 valence electrons. The molecule has 0 heterocycles. The molecule has 0 amide bonds. The van der Waals surface area contributed by atoms with Gasteiger partial charge in [-0.25, -0.2) is 0 Å². The average Bonchev–Trinajstić information content (AvgIpc) is 2.27. The van der Waals surface area contributed by atoms with Gasteiger partial charge in [0.1, 0.15) is 5.75 Å². The van der Waals surface area contributed by atoms with Crippen LogP contribution < -0.4 is 10.1 Å². The molecule has 1 aromatic carbocycles. The summed E-state index contributed by atoms with van der Waals surface area (Å²) < 4.78 is 6.30. The molecule has 0 aliphatic carbocycles. The van der Waals surface area contributed by atoms with E-state index in [1.165, 1.54) is 12.0 Å². The van der Waals surface area contributed by atoms with Crippen LogP contribution in [-0.4, -0.2) is 19.7 Å². The van der Waals surface area contributed by atoms with Crippen molar-refractivity contribution in [3.63, 3.8) is 0 Å². The second-order valence-electron chi connectivity index (χ2n) is 5.97. The molecule has 1 aromatic rings. The van der Waals surface area contributed by atoms with Crippen molar-refractivity contribution in [1.82, 2.24) is 5.32 Å². The van der Waals surface area contributed by atoms with Gasteiger partial charge in [0.15, 0.2) is 0 Å². The summed E-state index contributed by atoms with van der Waals surface area (Å²) in [5, 5.41) is 3.49. The molecule has 0 bridgehead atoms. The van der Waals surface area contributed by atoms with Crippen LogP contribution in [0.4, 0.5) is 0 Å². The zero-order valence-corrected chi connectivity index (χ0v) is 14.3. The molecule has 3 heteroatoms. The van der Waals surface area contributed by atoms with Crippen LogP contribution in [0.5, 0.6) is 5.75 Å². The van der Waals surface area contributed by atoms with Crippen LogP contribution in [0.2, 0.25) is 0 Å². The molecule has 0 spiro atoms. The summed E-state index contributed by atoms with van der Waals surface area (Å²) in [6, 6.07) is 6.91. The van der Waals surface area contributed by atoms with Crippen molar-refractivity contribution in [2.45, 2.75) is 46.6 Å². The SMILES string of the molecule is CCNC(C)CC(C)(C)Cc1ccc(OC)c(Br)c1. The molecule has 0 saturated carbocycles. The Labute approximate surface area is 126 Å². The van der Waals surface area contributed by atoms with Crippen LogP contribution in [0.3, 0.4) is 0 Å². The molecule has 2 nitrogen and oxygen atoms in total. The van der Waals surface area contributed by atoms with Gasteiger partial charge in [-0.15, -0.1) is 0 Å². The summed E-state index contributed by atoms with van der Waals surface area (Å²) in [5.74, 6) is 0.891. The molecule has 1 rings (SSSR count). The monoisotopic (exact) mass is 327 g/mol. The van der Waals surface area contributed by atoms with Crippen molar-refractivity contribution in [2.24, 2.45) is 5.41 Å². The molecule has 0 saturated heterocycles. The van der Waals surface area contributed by atoms with E-state index in [9.17, 15) is 0 Å². The first-order valence-electron chi connectivity index (χ1n) is 6.93. The Balaban J connectivity index is 2.69. The Morgan fingerprint density at radius 3 is 2.58 bits per heavy atom. The first-order valence-corrected chi connectivity index (χ1v) is 7.73. The molecule has 0 aliphatic rings. The number of methoxy groups -OCH3 is 1. The van der Waals surface area contributed by atoms with Crippen LogP contribution in [0.15, 0.2) is 22.7 Å². The van der Waals surface area contributed by atoms with E-state index in [1.54, 1.807) is 7.11 Å². The van der Waals surface area contributed by atoms with E-state index in [1.807, 2.05) is 6.07 Å². The standard InChI is InChI=1S/C16H26BrNO/c1-6-18-12(2)10-16(3,4)11-13-7-8-15(19-5)14(17)9-13/h7-9,12,18H,6,10-11H2,1-5H3. The van der Waals surface area contributed by atoms with Gasteiger partial charge in [-0.05, 0) is 65.4 Å². The summed E-state index contributed by atoms with van der Waals surface area (Å²) in [5.41, 5.74) is 1.64. The number of hydrogen-bond donors (Lipinski definition) is 1. The minimum atomic E-state index is 0.287. The van der Waals surface area contributed by atoms with E-state index in [2.05, 4.69) is 61.1 Å². The molecular weight excluding hydrogens is 302 g/mol. The molecule has 1 unspecified atom stereocenters. The minimum Gasteiger partial charge on any atom is -0.496 e. The van der Waals surface area contributed by atoms with Gasteiger partial charge in [0.25, 0.3) is 0 Å². The third kappa shape index (κ3) is 5.53. The summed E-state index contributed by atoms with van der Waals surface area (Å²) in [7, 11) is 1.70. The highest BCUT2D eigenvalue weighted by Gasteiger charge is 2.21. The van der Waals surface area contributed by atoms with Gasteiger partial charge in [0.05, 0.1) is 11.6 Å². The maximum atomic E-state index is 5.27. The zero-order valence-electron chi connectivity index (χ0n) is 12.7. The van der Waals surface area contributed by atoms with Crippen molar-refractivity contribution in [1.29, 1.82) is 0 Å². The van der Waals surface area contributed by atoms with Crippen LogP contribution in [0.1, 0.15) is 39.7 Å². The first kappa shape index (κ1) is 16.5. The second kappa shape index (κ2) is 7.30. The van der Waals surface area contributed by atoms with E-state index in [0.29, 0.717) is 6.04 Å². The maximum Gasteiger partial charge on any atom is 0.133 e. The fraction of sp³-hybridized carbons (Fsp3) is 0.625. The van der Waals surface area contributed by atoms with Gasteiger partial charge in [-0.3, -0.25) is 0 Å². The summed E-state index contributed by atoms with van der Waals surface area (Å²) in [6.45, 7) is 10.1. The molecule has 19 heavy (non-hydrogen) atoms. The van der Waals surface area contributed by atoms with Crippen LogP contribution in [0.25, 0.3) is 0 Å². The number of halogens is 1. The Hall–Kier alpha value is -0.540. The van der Waals surface area contributed by atoms with Gasteiger partial charge in [-0.2, -0.15) is 0 Å². The second-order valence-corrected chi connectivity index (χ2v) is 6.83. The van der Waals surface area contributed by atoms with E-state index < -0.39 is 0 Å². The average molecular weight is 328 g/mol. The fourth-order valence-corrected chi connectivity index (χ4v) is 3.28. The van der Waals surface area contributed by atoms with E-state index in [4.69, 9.17) is 4.74 Å². The Kier molecular flexibility index (Phi) is 6.34. The largest absolute Gasteiger partial charge is 0.496 e. The van der Waals surface area contributed by atoms with Gasteiger partial charge >= 0.3 is 0 Å². The van der Waals surface area contributed by atoms with Gasteiger partial charge in [0, 0.05) is 6.04 Å². The molecule has 0 aromatic heterocycles. The lowest BCUT2D eigenvalue weighted by Gasteiger charge is -2.28. The van der Waals surface area contributed by atoms with Crippen molar-refractivity contribution < 1.29 is 4.74 Å². The normalized spacial score (nSPS) is 13.4. The Morgan fingerprint density at radius 1 is 1.37 bits per heavy atom. The van der Waals surface area contributed by atoms with Crippen molar-refractivity contribution in [3.8, 4) is 5.75 Å². The van der Waals surface area contributed by atoms with Gasteiger partial charge < -0.3 is 10.1 Å². The van der Waals surface area contributed by atoms with Crippen molar-refractivity contribution >= 4 is 15.9 Å². The maximum absolute atomic E-state index is 5.27. The number of rotatable bonds is 7. The highest BCUT2D eigenvalue weighted by atomic mass is 79.9. The Morgan fingerprint density at radius 2 is 2.05 bits per heavy atom. The molecule has 0 fully saturated rings. The van der Waals surface area contributed by atoms with Crippen LogP contribution >= 0.6 is 15.9 Å². The summed E-state index contributed by atoms with van der Waals surface area (Å²) >= 11 is 3.55. The van der Waals surface area contributed by atoms with Gasteiger partial charge in [0.2, 0.25) is 0 Å². The van der Waals surface area contributed by atoms with Crippen LogP contribution in [-0.2, 0) is 6.42 Å². The van der Waals surface area contributed by atoms with E-state index in [-0.39, 0.29) is 5.41 Å². The molecule has 0 radical (unpaired) electrons. The predicted octanol–water partition coefficient (Wildman–Crippen LogP) is 4.41. The lowest BCUT2D eigenvalue weighted by atomic mass is 9.80. The van der Waals surface area contributed by atoms with Crippen molar-refractivity contribution in [2.75, 3.05) is 13.7 Å². The minimum absolute atomic E-state index is 0.287. The molecule has 1 atom stereocenters. The fourth-order valence-electron chi connectivity index (χ4n) is 2.69. The first-order chi connectivity index (χ1) is 8.88. The number of benzene rings is 1.